The molecule has 4 unspecified atom stereocenters. The highest BCUT2D eigenvalue weighted by atomic mass is 127. The van der Waals surface area contributed by atoms with Gasteiger partial charge in [0.05, 0.1) is 70.6 Å². The number of aliphatic hydroxyl groups excluding tert-OH is 2. The van der Waals surface area contributed by atoms with Crippen molar-refractivity contribution in [3.63, 3.8) is 0 Å². The Balaban J connectivity index is 0.000000152. The Hall–Kier alpha value is -3.00. The molecule has 2 aromatic carbocycles. The molecule has 6 aliphatic rings. The molecule has 10 atom stereocenters. The van der Waals surface area contributed by atoms with Gasteiger partial charge in [-0.1, -0.05) is 28.7 Å². The molecule has 0 radical (unpaired) electrons. The summed E-state index contributed by atoms with van der Waals surface area (Å²) < 4.78 is 13.3. The molecule has 2 aromatic rings. The van der Waals surface area contributed by atoms with Gasteiger partial charge in [0, 0.05) is 20.0 Å². The van der Waals surface area contributed by atoms with Crippen LogP contribution in [0.25, 0.3) is 4.85 Å². The van der Waals surface area contributed by atoms with E-state index in [1.54, 1.807) is 64.1 Å². The first-order valence-corrected chi connectivity index (χ1v) is 17.5. The maximum Gasteiger partial charge on any atom is 0.240 e. The number of anilines is 2. The number of nitrogens with zero attached hydrogens (tertiary/aromatic N) is 4. The first-order valence-electron chi connectivity index (χ1n) is 15.3. The third-order valence-corrected chi connectivity index (χ3v) is 13.0. The summed E-state index contributed by atoms with van der Waals surface area (Å²) in [6.07, 6.45) is -0.819. The first-order chi connectivity index (χ1) is 22.5. The van der Waals surface area contributed by atoms with Crippen molar-refractivity contribution in [2.45, 2.75) is 75.1 Å². The van der Waals surface area contributed by atoms with E-state index in [0.717, 1.165) is 0 Å². The van der Waals surface area contributed by atoms with E-state index in [1.165, 1.54) is 9.80 Å². The molecule has 48 heavy (non-hydrogen) atoms. The Morgan fingerprint density at radius 2 is 1.19 bits per heavy atom. The highest BCUT2D eigenvalue weighted by Crippen LogP contribution is 2.62. The van der Waals surface area contributed by atoms with Gasteiger partial charge < -0.3 is 19.7 Å². The van der Waals surface area contributed by atoms with Crippen molar-refractivity contribution in [1.29, 1.82) is 5.26 Å². The van der Waals surface area contributed by atoms with Gasteiger partial charge in [0.25, 0.3) is 0 Å². The molecule has 0 spiro atoms. The molecule has 0 saturated carbocycles. The number of carbonyl (C=O) groups is 4. The van der Waals surface area contributed by atoms with E-state index in [-0.39, 0.29) is 23.6 Å². The molecule has 2 N–H and O–H groups in total. The van der Waals surface area contributed by atoms with Gasteiger partial charge in [-0.2, -0.15) is 5.26 Å². The number of carbonyl (C=O) groups excluding carboxylic acids is 4. The van der Waals surface area contributed by atoms with Crippen LogP contribution in [-0.2, 0) is 28.7 Å². The normalized spacial score (nSPS) is 40.1. The molecule has 0 aromatic heterocycles. The quantitative estimate of drug-likeness (QED) is 0.260. The van der Waals surface area contributed by atoms with Crippen LogP contribution in [0.5, 0.6) is 0 Å². The highest BCUT2D eigenvalue weighted by Gasteiger charge is 2.77. The summed E-state index contributed by atoms with van der Waals surface area (Å²) in [6.45, 7) is 14.1. The second kappa shape index (κ2) is 10.7. The average Bonchev–Trinajstić information content (AvgIpc) is 3.74. The number of amides is 4. The van der Waals surface area contributed by atoms with Crippen molar-refractivity contribution in [3.05, 3.63) is 60.5 Å². The van der Waals surface area contributed by atoms with E-state index in [1.807, 2.05) is 45.2 Å². The van der Waals surface area contributed by atoms with Crippen LogP contribution in [0.2, 0.25) is 0 Å². The van der Waals surface area contributed by atoms with Crippen LogP contribution in [0.4, 0.5) is 17.1 Å². The molecule has 6 aliphatic heterocycles. The van der Waals surface area contributed by atoms with Crippen LogP contribution in [0.1, 0.15) is 46.1 Å². The van der Waals surface area contributed by atoms with Gasteiger partial charge in [-0.3, -0.25) is 19.2 Å². The fourth-order valence-electron chi connectivity index (χ4n) is 9.01. The number of imide groups is 2. The first kappa shape index (κ1) is 33.5. The van der Waals surface area contributed by atoms with Crippen LogP contribution < -0.4 is 9.80 Å². The minimum absolute atomic E-state index is 0.283. The molecule has 248 valence electrons. The SMILES string of the molecule is CC12C[C@H](O)C(C)(O1)[C@@H]1C(=O)N(c3ccc(C#N)c(I)c3)C(=O)[C@@H]12.[C-]#[N+]c1ccc(N2C(=O)[C@@H]3[C@H](C2=O)C2(C)OC3(C)C[C@H]2O)cc1I. The summed E-state index contributed by atoms with van der Waals surface area (Å²) in [5.74, 6) is -3.73. The predicted octanol–water partition coefficient (Wildman–Crippen LogP) is 3.84. The van der Waals surface area contributed by atoms with Crippen LogP contribution in [0, 0.1) is 48.7 Å². The minimum atomic E-state index is -1.03. The zero-order valence-corrected chi connectivity index (χ0v) is 30.5. The van der Waals surface area contributed by atoms with Crippen LogP contribution in [0.15, 0.2) is 36.4 Å². The van der Waals surface area contributed by atoms with Crippen molar-refractivity contribution in [2.24, 2.45) is 23.7 Å². The third-order valence-electron chi connectivity index (χ3n) is 11.2. The van der Waals surface area contributed by atoms with Crippen molar-refractivity contribution in [1.82, 2.24) is 0 Å². The largest absolute Gasteiger partial charge is 0.390 e. The van der Waals surface area contributed by atoms with Crippen molar-refractivity contribution >= 4 is 85.9 Å². The number of halogens is 2. The zero-order chi connectivity index (χ0) is 34.9. The highest BCUT2D eigenvalue weighted by molar-refractivity contribution is 14.1. The van der Waals surface area contributed by atoms with Gasteiger partial charge in [-0.05, 0) is 80.6 Å². The molecule has 4 amide bonds. The van der Waals surface area contributed by atoms with Crippen LogP contribution in [0.3, 0.4) is 0 Å². The molecular weight excluding hydrogens is 846 g/mol. The molecule has 6 fully saturated rings. The summed E-state index contributed by atoms with van der Waals surface area (Å²) >= 11 is 4.04. The van der Waals surface area contributed by atoms with Crippen molar-refractivity contribution in [2.75, 3.05) is 9.80 Å². The Morgan fingerprint density at radius 1 is 0.771 bits per heavy atom. The smallest absolute Gasteiger partial charge is 0.240 e. The lowest BCUT2D eigenvalue weighted by Crippen LogP contribution is -2.49. The number of ether oxygens (including phenoxy) is 2. The Morgan fingerprint density at radius 3 is 1.58 bits per heavy atom. The third kappa shape index (κ3) is 4.29. The number of benzene rings is 2. The summed E-state index contributed by atoms with van der Waals surface area (Å²) in [5.41, 5.74) is -1.77. The number of hydrogen-bond donors (Lipinski definition) is 2. The van der Waals surface area contributed by atoms with Crippen molar-refractivity contribution in [3.8, 4) is 6.07 Å². The van der Waals surface area contributed by atoms with Crippen molar-refractivity contribution < 1.29 is 38.9 Å². The molecule has 14 heteroatoms. The monoisotopic (exact) mass is 876 g/mol. The van der Waals surface area contributed by atoms with E-state index >= 15 is 0 Å². The molecule has 8 rings (SSSR count). The predicted molar refractivity (Wildman–Crippen MR) is 185 cm³/mol. The number of rotatable bonds is 2. The van der Waals surface area contributed by atoms with Gasteiger partial charge in [-0.15, -0.1) is 0 Å². The number of fused-ring (bicyclic) bond motifs is 10. The minimum Gasteiger partial charge on any atom is -0.390 e. The molecule has 4 bridgehead atoms. The number of hydrogen-bond acceptors (Lipinski definition) is 9. The van der Waals surface area contributed by atoms with E-state index in [0.29, 0.717) is 42.6 Å². The molecule has 6 saturated heterocycles. The van der Waals surface area contributed by atoms with Gasteiger partial charge in [0.2, 0.25) is 23.6 Å². The summed E-state index contributed by atoms with van der Waals surface area (Å²) in [5, 5.41) is 29.7. The Kier molecular flexibility index (Phi) is 7.50. The summed E-state index contributed by atoms with van der Waals surface area (Å²) in [7, 11) is 0. The zero-order valence-electron chi connectivity index (χ0n) is 26.2. The molecule has 6 heterocycles. The lowest BCUT2D eigenvalue weighted by atomic mass is 9.67. The lowest BCUT2D eigenvalue weighted by molar-refractivity contribution is -0.134. The van der Waals surface area contributed by atoms with Gasteiger partial charge in [0.1, 0.15) is 17.3 Å². The van der Waals surface area contributed by atoms with Gasteiger partial charge in [-0.25, -0.2) is 14.6 Å². The molecular formula is C34H30I2N4O8. The van der Waals surface area contributed by atoms with Crippen LogP contribution >= 0.6 is 45.2 Å². The topological polar surface area (TPSA) is 162 Å². The number of nitriles is 1. The molecule has 0 aliphatic carbocycles. The summed E-state index contributed by atoms with van der Waals surface area (Å²) in [4.78, 5) is 57.7. The summed E-state index contributed by atoms with van der Waals surface area (Å²) in [6, 6.07) is 11.9. The second-order valence-electron chi connectivity index (χ2n) is 14.1. The van der Waals surface area contributed by atoms with Gasteiger partial charge in [0.15, 0.2) is 5.69 Å². The maximum absolute atomic E-state index is 13.0. The Bertz CT molecular complexity index is 1810. The van der Waals surface area contributed by atoms with Gasteiger partial charge >= 0.3 is 0 Å². The fourth-order valence-corrected chi connectivity index (χ4v) is 10.3. The second-order valence-corrected chi connectivity index (χ2v) is 16.4. The maximum atomic E-state index is 13.0. The van der Waals surface area contributed by atoms with E-state index in [9.17, 15) is 29.4 Å². The average molecular weight is 876 g/mol. The lowest BCUT2D eigenvalue weighted by Gasteiger charge is -2.31. The van der Waals surface area contributed by atoms with E-state index in [2.05, 4.69) is 10.9 Å². The standard InChI is InChI=1S/2C17H15IN2O4/c1-16-7-11(21)17(2,24-16)13-12(16)14(22)20(15(13)23)8-4-5-10(19-3)9(18)6-8;1-16-6-11(21)17(2,24-16)13-12(16)14(22)20(15(13)23)9-4-3-8(7-19)10(18)5-9/h4-6,11-13,21H,7H2,1-2H3;3-5,11-13,21H,6H2,1-2H3/t2*11-,12+,13-,16?,17?/m10/s1. The number of aliphatic hydroxyl groups is 2. The van der Waals surface area contributed by atoms with E-state index < -0.39 is 58.3 Å². The van der Waals surface area contributed by atoms with E-state index in [4.69, 9.17) is 21.3 Å². The molecule has 12 nitrogen and oxygen atoms in total. The fraction of sp³-hybridized carbons (Fsp3) is 0.471. The van der Waals surface area contributed by atoms with Crippen LogP contribution in [-0.4, -0.2) is 68.5 Å². The Labute approximate surface area is 303 Å².